The summed E-state index contributed by atoms with van der Waals surface area (Å²) >= 11 is 0. The number of methoxy groups -OCH3 is 4. The van der Waals surface area contributed by atoms with Gasteiger partial charge in [0.2, 0.25) is 0 Å². The minimum Gasteiger partial charge on any atom is -1.00 e. The van der Waals surface area contributed by atoms with Gasteiger partial charge >= 0.3 is 72.3 Å². The van der Waals surface area contributed by atoms with Crippen molar-refractivity contribution in [2.75, 3.05) is 77.8 Å². The van der Waals surface area contributed by atoms with E-state index in [0.717, 1.165) is 99.7 Å². The van der Waals surface area contributed by atoms with Crippen LogP contribution < -0.4 is 71.4 Å². The van der Waals surface area contributed by atoms with Crippen LogP contribution in [-0.2, 0) is 63.1 Å². The number of allylic oxidation sites excluding steroid dienone is 1. The van der Waals surface area contributed by atoms with Crippen molar-refractivity contribution < 1.29 is 160 Å². The molecule has 3 radical (unpaired) electrons. The molecule has 14 rings (SSSR count). The Morgan fingerprint density at radius 3 is 1.11 bits per heavy atom. The number of ether oxygens (including phenoxy) is 8. The molecule has 595 valence electrons. The third-order valence-electron chi connectivity index (χ3n) is 19.5. The maximum absolute atomic E-state index is 14.3. The minimum atomic E-state index is -0.747. The number of hydrogen-bond acceptors (Lipinski definition) is 27. The quantitative estimate of drug-likeness (QED) is 0.0298. The normalized spacial score (nSPS) is 17.1. The summed E-state index contributed by atoms with van der Waals surface area (Å²) < 4.78 is 98.2. The molecule has 0 amide bonds. The Labute approximate surface area is 703 Å². The number of halogens is 4. The van der Waals surface area contributed by atoms with E-state index in [1.54, 1.807) is 49.1 Å². The van der Waals surface area contributed by atoms with Crippen molar-refractivity contribution >= 4 is 66.9 Å². The number of aromatic nitrogens is 8. The Hall–Kier alpha value is -8.51. The zero-order valence-electron chi connectivity index (χ0n) is 64.1. The first-order chi connectivity index (χ1) is 51.0. The number of Topliss-reactive ketones (excluding diaryl/α,β-unsaturated/α-hetero) is 1. The molecule has 4 aromatic heterocycles. The van der Waals surface area contributed by atoms with E-state index >= 15 is 0 Å². The Balaban J connectivity index is 0.000000385. The molecule has 10 N–H and O–H groups in total. The molecule has 0 atom stereocenters. The Morgan fingerprint density at radius 1 is 0.478 bits per heavy atom. The smallest absolute Gasteiger partial charge is 1.00 e. The average Bonchev–Trinajstić information content (AvgIpc) is 1.04. The van der Waals surface area contributed by atoms with Crippen LogP contribution >= 0.6 is 0 Å². The molecule has 35 heteroatoms. The molecule has 3 saturated carbocycles. The van der Waals surface area contributed by atoms with E-state index in [4.69, 9.17) is 41.9 Å². The van der Waals surface area contributed by atoms with Crippen LogP contribution in [0.4, 0.5) is 40.8 Å². The number of nitrogens with zero attached hydrogens (tertiary/aromatic N) is 8. The Kier molecular flexibility index (Phi) is 37.6. The molecule has 4 aliphatic carbocycles. The second-order valence-electron chi connectivity index (χ2n) is 26.1. The van der Waals surface area contributed by atoms with Gasteiger partial charge in [-0.2, -0.15) is 0 Å². The van der Waals surface area contributed by atoms with Gasteiger partial charge in [0.15, 0.2) is 11.6 Å². The van der Waals surface area contributed by atoms with Crippen molar-refractivity contribution in [1.29, 1.82) is 0 Å². The van der Waals surface area contributed by atoms with Crippen molar-refractivity contribution in [3.05, 3.63) is 179 Å². The Bertz CT molecular complexity index is 4650. The zero-order chi connectivity index (χ0) is 75.4. The van der Waals surface area contributed by atoms with Gasteiger partial charge in [-0.25, -0.2) is 76.6 Å². The fourth-order valence-corrected chi connectivity index (χ4v) is 13.5. The second-order valence-corrected chi connectivity index (χ2v) is 26.1. The first kappa shape index (κ1) is 96.9. The van der Waals surface area contributed by atoms with Crippen LogP contribution in [0.3, 0.4) is 0 Å². The third kappa shape index (κ3) is 23.4. The monoisotopic (exact) mass is 1660 g/mol. The zero-order valence-corrected chi connectivity index (χ0v) is 66.6. The van der Waals surface area contributed by atoms with Crippen LogP contribution in [0.5, 0.6) is 0 Å². The van der Waals surface area contributed by atoms with Crippen LogP contribution in [0.1, 0.15) is 187 Å². The number of carbonyl (C=O) groups is 5. The van der Waals surface area contributed by atoms with Crippen molar-refractivity contribution in [1.82, 2.24) is 39.9 Å². The predicted molar refractivity (Wildman–Crippen MR) is 400 cm³/mol. The first-order valence-electron chi connectivity index (χ1n) is 34.5. The molecule has 27 nitrogen and oxygen atoms in total. The predicted octanol–water partition coefficient (Wildman–Crippen LogP) is 6.21. The van der Waals surface area contributed by atoms with Crippen LogP contribution in [0.25, 0.3) is 50.6 Å². The SMILES string of the molecule is C.COC(=O)c1ccc(-c2nc(C3=CCC4(CC3)OCCO4)cnc2N)cc1F.COC(=O)c1ccc(-c2nc(C3CCC(=O)CC3)cnc2N)cc1F.COC(=O)c1ccc(-c2nc(C3CCC(O)CC3)cnc2N)cc1F.COC(=O)c1ccc(-c2nc(C3CCC4(CC3)OCCO4)cnc2N)cc1F.[B].[CH3-].[H-].[Li+].[Na+].[OH-].[Pd]. The van der Waals surface area contributed by atoms with Crippen molar-refractivity contribution in [2.45, 2.75) is 139 Å². The van der Waals surface area contributed by atoms with Crippen molar-refractivity contribution in [2.24, 2.45) is 0 Å². The van der Waals surface area contributed by atoms with E-state index in [9.17, 15) is 46.6 Å². The van der Waals surface area contributed by atoms with Crippen LogP contribution in [-0.4, -0.2) is 161 Å². The van der Waals surface area contributed by atoms with E-state index in [-0.39, 0.29) is 174 Å². The first-order valence-corrected chi connectivity index (χ1v) is 34.5. The molecule has 2 aliphatic heterocycles. The molecule has 0 bridgehead atoms. The minimum absolute atomic E-state index is 0. The molecule has 113 heavy (non-hydrogen) atoms. The number of hydrogen-bond donors (Lipinski definition) is 5. The summed E-state index contributed by atoms with van der Waals surface area (Å²) in [6, 6.07) is 16.5. The van der Waals surface area contributed by atoms with E-state index in [2.05, 4.69) is 58.8 Å². The molecule has 6 aliphatic rings. The van der Waals surface area contributed by atoms with Gasteiger partial charge in [0, 0.05) is 107 Å². The number of aliphatic hydroxyl groups is 1. The summed E-state index contributed by atoms with van der Waals surface area (Å²) in [6.07, 6.45) is 19.4. The molecule has 5 fully saturated rings. The number of carbonyl (C=O) groups excluding carboxylic acids is 5. The number of aliphatic hydroxyl groups excluding tert-OH is 1. The van der Waals surface area contributed by atoms with E-state index < -0.39 is 58.7 Å². The topological polar surface area (TPSA) is 417 Å². The number of benzene rings is 4. The van der Waals surface area contributed by atoms with Crippen LogP contribution in [0.15, 0.2) is 104 Å². The second kappa shape index (κ2) is 43.8. The molecular weight excluding hydrogens is 1570 g/mol. The fraction of sp³-hybridized carbons (Fsp3) is 0.385. The maximum atomic E-state index is 14.3. The molecule has 6 heterocycles. The summed E-state index contributed by atoms with van der Waals surface area (Å²) in [7, 11) is 4.80. The molecule has 8 aromatic rings. The maximum Gasteiger partial charge on any atom is 1.00 e. The largest absolute Gasteiger partial charge is 1.00 e. The number of esters is 4. The van der Waals surface area contributed by atoms with Gasteiger partial charge < -0.3 is 80.3 Å². The van der Waals surface area contributed by atoms with Crippen molar-refractivity contribution in [3.63, 3.8) is 0 Å². The number of nitrogens with two attached hydrogens (primary N) is 4. The standard InChI is InChI=1S/C20H22FN3O4.C20H20FN3O4.C18H20FN3O3.C18H18FN3O3.CH4.CH3.B.Li.Na.H2O.Pd.H/c2*1-26-19(25)14-3-2-13(10-15(14)21)17-18(22)23-11-16(24-17)12-4-6-20(7-5-12)27-8-9-28-20;2*1-25-18(24)13-7-4-11(8-14(13)19)16-17(20)21-9-15(22-16)10-2-5-12(23)6-3-10;;;;;;;;/h2-3,10-12H,4-9H2,1H3,(H2,22,23);2-4,10-11H,5-9H2,1H3,(H2,22,23);4,7-10,12,23H,2-3,5-6H2,1H3,(H2,20,21);4,7-10H,2-3,5-6H2,1H3,(H2,20,21);1H4;1H3;;;;1H2;;/q;;;;;-1;;2*+1;;;-1/p-1. The molecule has 4 aromatic carbocycles. The summed E-state index contributed by atoms with van der Waals surface area (Å²) in [5.41, 5.74) is 30.6. The molecule has 2 spiro atoms. The van der Waals surface area contributed by atoms with E-state index in [0.29, 0.717) is 96.4 Å². The summed E-state index contributed by atoms with van der Waals surface area (Å²) in [6.45, 7) is 2.51. The number of nitrogen functional groups attached to an aromatic ring is 4. The van der Waals surface area contributed by atoms with Gasteiger partial charge in [0.1, 0.15) is 75.1 Å². The summed E-state index contributed by atoms with van der Waals surface area (Å²) in [4.78, 5) is 92.8. The number of anilines is 4. The van der Waals surface area contributed by atoms with Gasteiger partial charge in [-0.1, -0.05) is 37.8 Å². The fourth-order valence-electron chi connectivity index (χ4n) is 13.5. The van der Waals surface area contributed by atoms with Crippen LogP contribution in [0, 0.1) is 30.7 Å². The van der Waals surface area contributed by atoms with Gasteiger partial charge in [-0.3, -0.25) is 4.79 Å². The Morgan fingerprint density at radius 2 is 0.788 bits per heavy atom. The molecule has 0 unspecified atom stereocenters. The average molecular weight is 1660 g/mol. The van der Waals surface area contributed by atoms with Gasteiger partial charge in [0.25, 0.3) is 0 Å². The van der Waals surface area contributed by atoms with Gasteiger partial charge in [-0.15, -0.1) is 0 Å². The number of rotatable bonds is 12. The van der Waals surface area contributed by atoms with Crippen molar-refractivity contribution in [3.8, 4) is 45.0 Å². The molecular formula is C78H89BF4LiN12NaO15Pd-. The third-order valence-corrected chi connectivity index (χ3v) is 19.5. The van der Waals surface area contributed by atoms with Gasteiger partial charge in [0.05, 0.1) is 131 Å². The van der Waals surface area contributed by atoms with E-state index in [1.165, 1.54) is 77.0 Å². The molecule has 2 saturated heterocycles. The number of ketones is 1. The van der Waals surface area contributed by atoms with Crippen LogP contribution in [0.2, 0.25) is 0 Å². The summed E-state index contributed by atoms with van der Waals surface area (Å²) in [5.74, 6) is -5.11. The summed E-state index contributed by atoms with van der Waals surface area (Å²) in [5, 5.41) is 9.64. The van der Waals surface area contributed by atoms with E-state index in [1.807, 2.05) is 6.08 Å². The van der Waals surface area contributed by atoms with Gasteiger partial charge in [-0.05, 0) is 112 Å².